The Bertz CT molecular complexity index is 592. The number of piperidine rings is 1. The van der Waals surface area contributed by atoms with Gasteiger partial charge in [-0.3, -0.25) is 0 Å². The number of nitrogens with two attached hydrogens (primary N) is 1. The van der Waals surface area contributed by atoms with Crippen molar-refractivity contribution >= 4 is 10.0 Å². The Morgan fingerprint density at radius 2 is 1.88 bits per heavy atom. The Hall–Kier alpha value is -1.35. The summed E-state index contributed by atoms with van der Waals surface area (Å²) in [4.78, 5) is 0. The van der Waals surface area contributed by atoms with Crippen molar-refractivity contribution in [3.8, 4) is 11.5 Å². The first-order valence-corrected chi connectivity index (χ1v) is 9.78. The van der Waals surface area contributed by atoms with E-state index >= 15 is 0 Å². The van der Waals surface area contributed by atoms with Gasteiger partial charge in [0.05, 0.1) is 26.6 Å². The molecule has 1 heterocycles. The summed E-state index contributed by atoms with van der Waals surface area (Å²) < 4.78 is 29.5. The highest BCUT2D eigenvalue weighted by Crippen LogP contribution is 2.32. The minimum Gasteiger partial charge on any atom is -0.493 e. The van der Waals surface area contributed by atoms with Gasteiger partial charge in [-0.15, -0.1) is 0 Å². The number of hydrogen-bond acceptors (Lipinski definition) is 6. The van der Waals surface area contributed by atoms with Gasteiger partial charge < -0.3 is 19.9 Å². The number of aliphatic hydroxyl groups excluding tert-OH is 1. The molecule has 4 N–H and O–H groups in total. The highest BCUT2D eigenvalue weighted by molar-refractivity contribution is 7.88. The molecule has 7 nitrogen and oxygen atoms in total. The lowest BCUT2D eigenvalue weighted by Crippen LogP contribution is -2.35. The fourth-order valence-electron chi connectivity index (χ4n) is 2.74. The number of ether oxygens (including phenoxy) is 2. The smallest absolute Gasteiger partial charge is 0.206 e. The number of primary sulfonamides is 1. The maximum atomic E-state index is 10.4. The zero-order valence-electron chi connectivity index (χ0n) is 14.5. The molecular formula is C16H28N2O5S. The third-order valence-electron chi connectivity index (χ3n) is 3.84. The molecule has 1 aliphatic heterocycles. The van der Waals surface area contributed by atoms with Crippen LogP contribution in [0.3, 0.4) is 0 Å². The molecule has 2 rings (SSSR count). The maximum absolute atomic E-state index is 10.4. The molecule has 1 aliphatic rings. The second-order valence-electron chi connectivity index (χ2n) is 5.84. The quantitative estimate of drug-likeness (QED) is 0.706. The molecule has 1 aromatic rings. The number of hydrogen-bond donors (Lipinski definition) is 3. The van der Waals surface area contributed by atoms with Gasteiger partial charge in [0.15, 0.2) is 11.5 Å². The molecule has 0 bridgehead atoms. The summed E-state index contributed by atoms with van der Waals surface area (Å²) in [5.74, 6) is 1.83. The lowest BCUT2D eigenvalue weighted by molar-refractivity contribution is 0.0884. The molecule has 24 heavy (non-hydrogen) atoms. The predicted octanol–water partition coefficient (Wildman–Crippen LogP) is 0.512. The van der Waals surface area contributed by atoms with Crippen LogP contribution in [-0.4, -0.2) is 53.2 Å². The maximum Gasteiger partial charge on any atom is 0.206 e. The topological polar surface area (TPSA) is 111 Å². The van der Waals surface area contributed by atoms with E-state index in [9.17, 15) is 13.5 Å². The first-order valence-electron chi connectivity index (χ1n) is 7.82. The molecule has 0 radical (unpaired) electrons. The fourth-order valence-corrected chi connectivity index (χ4v) is 2.74. The second-order valence-corrected chi connectivity index (χ2v) is 7.50. The van der Waals surface area contributed by atoms with Crippen LogP contribution in [0.4, 0.5) is 0 Å². The van der Waals surface area contributed by atoms with E-state index < -0.39 is 10.0 Å². The third-order valence-corrected chi connectivity index (χ3v) is 3.84. The van der Waals surface area contributed by atoms with Crippen molar-refractivity contribution in [3.05, 3.63) is 23.8 Å². The molecule has 8 heteroatoms. The Morgan fingerprint density at radius 3 is 2.38 bits per heavy atom. The number of benzene rings is 1. The molecular weight excluding hydrogens is 332 g/mol. The molecule has 0 amide bonds. The van der Waals surface area contributed by atoms with Crippen molar-refractivity contribution in [2.75, 3.05) is 33.6 Å². The van der Waals surface area contributed by atoms with Gasteiger partial charge in [0.25, 0.3) is 0 Å². The highest BCUT2D eigenvalue weighted by Gasteiger charge is 2.23. The number of rotatable bonds is 5. The summed E-state index contributed by atoms with van der Waals surface area (Å²) in [7, 11) is 0.100. The molecule has 1 saturated heterocycles. The molecule has 1 aromatic carbocycles. The lowest BCUT2D eigenvalue weighted by Gasteiger charge is -2.27. The number of aliphatic hydroxyl groups is 1. The molecule has 1 unspecified atom stereocenters. The summed E-state index contributed by atoms with van der Waals surface area (Å²) in [6.07, 6.45) is 3.31. The second kappa shape index (κ2) is 9.83. The largest absolute Gasteiger partial charge is 0.493 e. The average molecular weight is 360 g/mol. The minimum absolute atomic E-state index is 0.317. The zero-order chi connectivity index (χ0) is 18.2. The van der Waals surface area contributed by atoms with E-state index in [0.29, 0.717) is 12.3 Å². The average Bonchev–Trinajstić information content (AvgIpc) is 2.53. The van der Waals surface area contributed by atoms with Gasteiger partial charge in [0.2, 0.25) is 10.0 Å². The standard InChI is InChI=1S/C15H23NO3.CH5NO2S/c1-18-14-5-3-4-12(15(14)19-2)10-13(17)11-6-8-16-9-7-11;1-5(2,3)4/h3-5,11,13,16-17H,6-10H2,1-2H3;1H3,(H2,2,3,4). The van der Waals surface area contributed by atoms with Gasteiger partial charge in [0, 0.05) is 12.0 Å². The Labute approximate surface area is 144 Å². The summed E-state index contributed by atoms with van der Waals surface area (Å²) in [6, 6.07) is 5.80. The number of methoxy groups -OCH3 is 2. The normalized spacial score (nSPS) is 16.7. The van der Waals surface area contributed by atoms with Crippen molar-refractivity contribution in [2.24, 2.45) is 11.1 Å². The summed E-state index contributed by atoms with van der Waals surface area (Å²) in [5.41, 5.74) is 1.01. The summed E-state index contributed by atoms with van der Waals surface area (Å²) >= 11 is 0. The van der Waals surface area contributed by atoms with Crippen molar-refractivity contribution in [1.29, 1.82) is 0 Å². The minimum atomic E-state index is -3.17. The van der Waals surface area contributed by atoms with Crippen LogP contribution in [0, 0.1) is 5.92 Å². The van der Waals surface area contributed by atoms with E-state index in [1.165, 1.54) is 0 Å². The van der Waals surface area contributed by atoms with E-state index in [1.807, 2.05) is 18.2 Å². The molecule has 0 saturated carbocycles. The van der Waals surface area contributed by atoms with Gasteiger partial charge >= 0.3 is 0 Å². The van der Waals surface area contributed by atoms with Crippen molar-refractivity contribution in [2.45, 2.75) is 25.4 Å². The van der Waals surface area contributed by atoms with Crippen LogP contribution < -0.4 is 19.9 Å². The van der Waals surface area contributed by atoms with Crippen LogP contribution in [0.15, 0.2) is 18.2 Å². The van der Waals surface area contributed by atoms with Gasteiger partial charge in [-0.05, 0) is 37.9 Å². The number of sulfonamides is 1. The van der Waals surface area contributed by atoms with Crippen LogP contribution in [0.5, 0.6) is 11.5 Å². The van der Waals surface area contributed by atoms with Crippen molar-refractivity contribution in [3.63, 3.8) is 0 Å². The molecule has 1 fully saturated rings. The predicted molar refractivity (Wildman–Crippen MR) is 93.9 cm³/mol. The number of nitrogens with one attached hydrogen (secondary N) is 1. The van der Waals surface area contributed by atoms with E-state index in [1.54, 1.807) is 14.2 Å². The van der Waals surface area contributed by atoms with Gasteiger partial charge in [-0.25, -0.2) is 13.6 Å². The molecule has 138 valence electrons. The van der Waals surface area contributed by atoms with Crippen LogP contribution in [-0.2, 0) is 16.4 Å². The van der Waals surface area contributed by atoms with Gasteiger partial charge in [-0.1, -0.05) is 12.1 Å². The lowest BCUT2D eigenvalue weighted by atomic mass is 9.88. The SMILES string of the molecule is COc1cccc(CC(O)C2CCNCC2)c1OC.CS(N)(=O)=O. The Kier molecular flexibility index (Phi) is 8.47. The third kappa shape index (κ3) is 7.48. The summed E-state index contributed by atoms with van der Waals surface area (Å²) in [5, 5.41) is 18.0. The molecule has 0 aliphatic carbocycles. The van der Waals surface area contributed by atoms with Crippen LogP contribution >= 0.6 is 0 Å². The molecule has 0 aromatic heterocycles. The first kappa shape index (κ1) is 20.7. The van der Waals surface area contributed by atoms with Crippen molar-refractivity contribution in [1.82, 2.24) is 5.32 Å². The van der Waals surface area contributed by atoms with Crippen LogP contribution in [0.25, 0.3) is 0 Å². The Morgan fingerprint density at radius 1 is 1.29 bits per heavy atom. The van der Waals surface area contributed by atoms with Crippen LogP contribution in [0.2, 0.25) is 0 Å². The van der Waals surface area contributed by atoms with E-state index in [-0.39, 0.29) is 6.10 Å². The molecule has 0 spiro atoms. The molecule has 1 atom stereocenters. The fraction of sp³-hybridized carbons (Fsp3) is 0.625. The monoisotopic (exact) mass is 360 g/mol. The first-order chi connectivity index (χ1) is 11.3. The number of para-hydroxylation sites is 1. The highest BCUT2D eigenvalue weighted by atomic mass is 32.2. The van der Waals surface area contributed by atoms with Crippen LogP contribution in [0.1, 0.15) is 18.4 Å². The summed E-state index contributed by atoms with van der Waals surface area (Å²) in [6.45, 7) is 1.99. The van der Waals surface area contributed by atoms with Crippen molar-refractivity contribution < 1.29 is 23.0 Å². The van der Waals surface area contributed by atoms with E-state index in [0.717, 1.165) is 49.2 Å². The van der Waals surface area contributed by atoms with E-state index in [2.05, 4.69) is 10.5 Å². The zero-order valence-corrected chi connectivity index (χ0v) is 15.3. The van der Waals surface area contributed by atoms with E-state index in [4.69, 9.17) is 9.47 Å². The van der Waals surface area contributed by atoms with Gasteiger partial charge in [-0.2, -0.15) is 0 Å². The van der Waals surface area contributed by atoms with Gasteiger partial charge in [0.1, 0.15) is 0 Å². The Balaban J connectivity index is 0.000000505.